The molecule has 0 fully saturated rings. The molecule has 1 aromatic rings. The highest BCUT2D eigenvalue weighted by Crippen LogP contribution is 2.11. The van der Waals surface area contributed by atoms with Gasteiger partial charge in [-0.15, -0.1) is 6.58 Å². The summed E-state index contributed by atoms with van der Waals surface area (Å²) >= 11 is 0. The van der Waals surface area contributed by atoms with Crippen molar-refractivity contribution in [1.29, 1.82) is 0 Å². The number of hydrogen-bond acceptors (Lipinski definition) is 2. The van der Waals surface area contributed by atoms with E-state index in [-0.39, 0.29) is 6.04 Å². The van der Waals surface area contributed by atoms with Gasteiger partial charge in [-0.1, -0.05) is 6.08 Å². The van der Waals surface area contributed by atoms with Crippen molar-refractivity contribution in [2.24, 2.45) is 5.73 Å². The van der Waals surface area contributed by atoms with Crippen molar-refractivity contribution in [3.8, 4) is 0 Å². The van der Waals surface area contributed by atoms with Crippen LogP contribution in [0.5, 0.6) is 0 Å². The van der Waals surface area contributed by atoms with Crippen LogP contribution in [0.25, 0.3) is 0 Å². The number of rotatable bonds is 3. The molecule has 0 saturated heterocycles. The van der Waals surface area contributed by atoms with Gasteiger partial charge in [0.15, 0.2) is 0 Å². The van der Waals surface area contributed by atoms with Crippen molar-refractivity contribution in [3.63, 3.8) is 0 Å². The quantitative estimate of drug-likeness (QED) is 0.662. The molecule has 1 atom stereocenters. The van der Waals surface area contributed by atoms with E-state index >= 15 is 0 Å². The first kappa shape index (κ1) is 7.95. The second kappa shape index (κ2) is 3.88. The third-order valence-electron chi connectivity index (χ3n) is 1.55. The Labute approximate surface area is 66.8 Å². The van der Waals surface area contributed by atoms with Crippen LogP contribution in [-0.4, -0.2) is 4.98 Å². The number of aromatic nitrogens is 1. The summed E-state index contributed by atoms with van der Waals surface area (Å²) in [4.78, 5) is 3.91. The molecule has 11 heavy (non-hydrogen) atoms. The van der Waals surface area contributed by atoms with Gasteiger partial charge in [-0.2, -0.15) is 0 Å². The van der Waals surface area contributed by atoms with Crippen LogP contribution in [0, 0.1) is 0 Å². The lowest BCUT2D eigenvalue weighted by molar-refractivity contribution is 0.740. The second-order valence-corrected chi connectivity index (χ2v) is 2.41. The topological polar surface area (TPSA) is 38.9 Å². The summed E-state index contributed by atoms with van der Waals surface area (Å²) in [5.74, 6) is 0. The molecule has 0 aliphatic rings. The van der Waals surface area contributed by atoms with Gasteiger partial charge in [-0.3, -0.25) is 4.98 Å². The van der Waals surface area contributed by atoms with Crippen molar-refractivity contribution in [2.75, 3.05) is 0 Å². The van der Waals surface area contributed by atoms with Crippen molar-refractivity contribution >= 4 is 0 Å². The van der Waals surface area contributed by atoms with Crippen LogP contribution in [0.2, 0.25) is 0 Å². The maximum Gasteiger partial charge on any atom is 0.0330 e. The molecule has 0 aliphatic carbocycles. The van der Waals surface area contributed by atoms with Gasteiger partial charge in [-0.05, 0) is 24.1 Å². The van der Waals surface area contributed by atoms with Crippen molar-refractivity contribution in [2.45, 2.75) is 12.5 Å². The van der Waals surface area contributed by atoms with E-state index in [1.807, 2.05) is 18.2 Å². The molecule has 0 unspecified atom stereocenters. The van der Waals surface area contributed by atoms with Gasteiger partial charge in [-0.25, -0.2) is 0 Å². The minimum Gasteiger partial charge on any atom is -0.324 e. The Morgan fingerprint density at radius 2 is 2.18 bits per heavy atom. The van der Waals surface area contributed by atoms with Crippen molar-refractivity contribution in [1.82, 2.24) is 4.98 Å². The van der Waals surface area contributed by atoms with E-state index in [0.717, 1.165) is 12.0 Å². The summed E-state index contributed by atoms with van der Waals surface area (Å²) < 4.78 is 0. The van der Waals surface area contributed by atoms with Crippen LogP contribution in [0.3, 0.4) is 0 Å². The minimum absolute atomic E-state index is 0.0653. The Bertz CT molecular complexity index is 218. The first-order valence-corrected chi connectivity index (χ1v) is 3.61. The largest absolute Gasteiger partial charge is 0.324 e. The highest BCUT2D eigenvalue weighted by Gasteiger charge is 2.00. The zero-order chi connectivity index (χ0) is 8.10. The Hall–Kier alpha value is -1.15. The van der Waals surface area contributed by atoms with E-state index in [2.05, 4.69) is 11.6 Å². The Kier molecular flexibility index (Phi) is 2.81. The fraction of sp³-hybridized carbons (Fsp3) is 0.222. The lowest BCUT2D eigenvalue weighted by Gasteiger charge is -2.07. The highest BCUT2D eigenvalue weighted by atomic mass is 14.6. The monoisotopic (exact) mass is 148 g/mol. The molecule has 0 spiro atoms. The first-order chi connectivity index (χ1) is 5.34. The molecular weight excluding hydrogens is 136 g/mol. The fourth-order valence-electron chi connectivity index (χ4n) is 0.926. The third kappa shape index (κ3) is 2.16. The smallest absolute Gasteiger partial charge is 0.0330 e. The second-order valence-electron chi connectivity index (χ2n) is 2.41. The average molecular weight is 148 g/mol. The van der Waals surface area contributed by atoms with Gasteiger partial charge in [0.2, 0.25) is 0 Å². The standard InChI is InChI=1S/C9H12N2/c1-2-3-9(10)8-4-6-11-7-5-8/h2,4-7,9H,1,3,10H2/t9-/m0/s1. The van der Waals surface area contributed by atoms with Gasteiger partial charge < -0.3 is 5.73 Å². The Balaban J connectivity index is 2.68. The highest BCUT2D eigenvalue weighted by molar-refractivity contribution is 5.14. The summed E-state index contributed by atoms with van der Waals surface area (Å²) in [6.07, 6.45) is 6.13. The molecular formula is C9H12N2. The number of nitrogens with two attached hydrogens (primary N) is 1. The van der Waals surface area contributed by atoms with Gasteiger partial charge in [0.25, 0.3) is 0 Å². The SMILES string of the molecule is C=CC[C@H](N)c1ccncc1. The zero-order valence-corrected chi connectivity index (χ0v) is 6.40. The van der Waals surface area contributed by atoms with Gasteiger partial charge >= 0.3 is 0 Å². The van der Waals surface area contributed by atoms with Crippen LogP contribution in [0.4, 0.5) is 0 Å². The van der Waals surface area contributed by atoms with E-state index < -0.39 is 0 Å². The predicted octanol–water partition coefficient (Wildman–Crippen LogP) is 1.66. The number of nitrogens with zero attached hydrogens (tertiary/aromatic N) is 1. The molecule has 0 aliphatic heterocycles. The molecule has 1 aromatic heterocycles. The molecule has 2 N–H and O–H groups in total. The van der Waals surface area contributed by atoms with Crippen molar-refractivity contribution in [3.05, 3.63) is 42.7 Å². The maximum absolute atomic E-state index is 5.81. The molecule has 2 heteroatoms. The molecule has 2 nitrogen and oxygen atoms in total. The summed E-state index contributed by atoms with van der Waals surface area (Å²) in [6, 6.07) is 3.91. The van der Waals surface area contributed by atoms with Gasteiger partial charge in [0.1, 0.15) is 0 Å². The maximum atomic E-state index is 5.81. The Morgan fingerprint density at radius 3 is 2.73 bits per heavy atom. The minimum atomic E-state index is 0.0653. The van der Waals surface area contributed by atoms with Crippen LogP contribution < -0.4 is 5.73 Å². The molecule has 0 amide bonds. The average Bonchev–Trinajstić information content (AvgIpc) is 2.07. The zero-order valence-electron chi connectivity index (χ0n) is 6.40. The third-order valence-corrected chi connectivity index (χ3v) is 1.55. The van der Waals surface area contributed by atoms with E-state index in [1.54, 1.807) is 12.4 Å². The van der Waals surface area contributed by atoms with E-state index in [1.165, 1.54) is 0 Å². The normalized spacial score (nSPS) is 12.5. The van der Waals surface area contributed by atoms with Gasteiger partial charge in [0.05, 0.1) is 0 Å². The van der Waals surface area contributed by atoms with E-state index in [0.29, 0.717) is 0 Å². The van der Waals surface area contributed by atoms with E-state index in [9.17, 15) is 0 Å². The Morgan fingerprint density at radius 1 is 1.55 bits per heavy atom. The first-order valence-electron chi connectivity index (χ1n) is 3.61. The molecule has 0 radical (unpaired) electrons. The molecule has 1 rings (SSSR count). The van der Waals surface area contributed by atoms with Crippen LogP contribution in [0.15, 0.2) is 37.2 Å². The lowest BCUT2D eigenvalue weighted by Crippen LogP contribution is -2.08. The summed E-state index contributed by atoms with van der Waals surface area (Å²) in [5.41, 5.74) is 6.92. The van der Waals surface area contributed by atoms with Crippen LogP contribution in [0.1, 0.15) is 18.0 Å². The van der Waals surface area contributed by atoms with E-state index in [4.69, 9.17) is 5.73 Å². The summed E-state index contributed by atoms with van der Waals surface area (Å²) in [7, 11) is 0. The number of hydrogen-bond donors (Lipinski definition) is 1. The lowest BCUT2D eigenvalue weighted by atomic mass is 10.1. The number of pyridine rings is 1. The summed E-state index contributed by atoms with van der Waals surface area (Å²) in [5, 5.41) is 0. The summed E-state index contributed by atoms with van der Waals surface area (Å²) in [6.45, 7) is 3.63. The predicted molar refractivity (Wildman–Crippen MR) is 46.0 cm³/mol. The molecule has 0 saturated carbocycles. The van der Waals surface area contributed by atoms with Crippen LogP contribution >= 0.6 is 0 Å². The molecule has 58 valence electrons. The molecule has 1 heterocycles. The molecule has 0 bridgehead atoms. The molecule has 0 aromatic carbocycles. The fourth-order valence-corrected chi connectivity index (χ4v) is 0.926. The van der Waals surface area contributed by atoms with Gasteiger partial charge in [0, 0.05) is 18.4 Å². The van der Waals surface area contributed by atoms with Crippen LogP contribution in [-0.2, 0) is 0 Å². The van der Waals surface area contributed by atoms with Crippen molar-refractivity contribution < 1.29 is 0 Å².